The van der Waals surface area contributed by atoms with Gasteiger partial charge in [-0.15, -0.1) is 0 Å². The number of aromatic amines is 1. The fourth-order valence-electron chi connectivity index (χ4n) is 4.54. The quantitative estimate of drug-likeness (QED) is 0.590. The number of fused-ring (bicyclic) bond motifs is 3. The Balaban J connectivity index is 1.50. The number of aromatic nitrogens is 1. The standard InChI is InChI=1S/C24H31N3O2S/c1-4-27(30(28,29)19-11-9-17(2)10-12-19)16-18(3)15-23-24-21(13-14-25-23)20-7-5-6-8-22(20)26-24/h5-12,18,23,25-26H,4,13-16H2,1-3H3. The van der Waals surface area contributed by atoms with Gasteiger partial charge in [0, 0.05) is 35.7 Å². The normalized spacial score (nSPS) is 17.9. The third-order valence-corrected chi connectivity index (χ3v) is 8.08. The van der Waals surface area contributed by atoms with Crippen LogP contribution in [0.2, 0.25) is 0 Å². The largest absolute Gasteiger partial charge is 0.357 e. The van der Waals surface area contributed by atoms with Crippen LogP contribution in [0, 0.1) is 12.8 Å². The molecule has 2 aromatic carbocycles. The van der Waals surface area contributed by atoms with Crippen molar-refractivity contribution in [1.29, 1.82) is 0 Å². The van der Waals surface area contributed by atoms with E-state index in [0.717, 1.165) is 24.9 Å². The van der Waals surface area contributed by atoms with Gasteiger partial charge in [-0.3, -0.25) is 0 Å². The van der Waals surface area contributed by atoms with Crippen molar-refractivity contribution in [3.63, 3.8) is 0 Å². The molecule has 0 fully saturated rings. The van der Waals surface area contributed by atoms with Gasteiger partial charge in [-0.2, -0.15) is 4.31 Å². The predicted octanol–water partition coefficient (Wildman–Crippen LogP) is 4.40. The van der Waals surface area contributed by atoms with Gasteiger partial charge in [0.2, 0.25) is 10.0 Å². The van der Waals surface area contributed by atoms with Crippen molar-refractivity contribution < 1.29 is 8.42 Å². The molecule has 3 aromatic rings. The second kappa shape index (κ2) is 8.53. The van der Waals surface area contributed by atoms with Crippen LogP contribution in [0.3, 0.4) is 0 Å². The van der Waals surface area contributed by atoms with Gasteiger partial charge in [0.1, 0.15) is 0 Å². The van der Waals surface area contributed by atoms with Crippen LogP contribution < -0.4 is 5.32 Å². The molecule has 30 heavy (non-hydrogen) atoms. The summed E-state index contributed by atoms with van der Waals surface area (Å²) in [7, 11) is -3.48. The first kappa shape index (κ1) is 21.1. The molecular weight excluding hydrogens is 394 g/mol. The fourth-order valence-corrected chi connectivity index (χ4v) is 6.11. The number of H-pyrrole nitrogens is 1. The van der Waals surface area contributed by atoms with Crippen LogP contribution in [0.25, 0.3) is 10.9 Å². The lowest BCUT2D eigenvalue weighted by Gasteiger charge is -2.29. The third kappa shape index (κ3) is 4.04. The van der Waals surface area contributed by atoms with Crippen LogP contribution in [0.15, 0.2) is 53.4 Å². The Morgan fingerprint density at radius 3 is 2.60 bits per heavy atom. The van der Waals surface area contributed by atoms with Crippen molar-refractivity contribution in [3.8, 4) is 0 Å². The molecule has 6 heteroatoms. The molecule has 0 aliphatic carbocycles. The van der Waals surface area contributed by atoms with Crippen LogP contribution >= 0.6 is 0 Å². The van der Waals surface area contributed by atoms with Gasteiger partial charge in [0.05, 0.1) is 4.90 Å². The van der Waals surface area contributed by atoms with Crippen molar-refractivity contribution in [1.82, 2.24) is 14.6 Å². The van der Waals surface area contributed by atoms with E-state index in [4.69, 9.17) is 0 Å². The maximum absolute atomic E-state index is 13.1. The Labute approximate surface area is 179 Å². The molecule has 1 aliphatic heterocycles. The smallest absolute Gasteiger partial charge is 0.243 e. The molecule has 4 rings (SSSR count). The molecule has 1 aliphatic rings. The summed E-state index contributed by atoms with van der Waals surface area (Å²) in [6, 6.07) is 15.8. The summed E-state index contributed by atoms with van der Waals surface area (Å²) in [6.45, 7) is 7.95. The Hall–Kier alpha value is -2.15. The molecule has 2 unspecified atom stereocenters. The summed E-state index contributed by atoms with van der Waals surface area (Å²) >= 11 is 0. The van der Waals surface area contributed by atoms with Crippen molar-refractivity contribution in [2.45, 2.75) is 44.6 Å². The maximum Gasteiger partial charge on any atom is 0.243 e. The van der Waals surface area contributed by atoms with Crippen molar-refractivity contribution in [2.75, 3.05) is 19.6 Å². The lowest BCUT2D eigenvalue weighted by molar-refractivity contribution is 0.318. The molecule has 0 amide bonds. The van der Waals surface area contributed by atoms with E-state index in [2.05, 4.69) is 41.5 Å². The summed E-state index contributed by atoms with van der Waals surface area (Å²) < 4.78 is 27.9. The highest BCUT2D eigenvalue weighted by atomic mass is 32.2. The van der Waals surface area contributed by atoms with E-state index in [1.807, 2.05) is 26.0 Å². The summed E-state index contributed by atoms with van der Waals surface area (Å²) in [4.78, 5) is 3.98. The van der Waals surface area contributed by atoms with Gasteiger partial charge in [-0.1, -0.05) is 49.7 Å². The van der Waals surface area contributed by atoms with E-state index in [0.29, 0.717) is 18.0 Å². The number of aryl methyl sites for hydroxylation is 1. The number of para-hydroxylation sites is 1. The minimum Gasteiger partial charge on any atom is -0.357 e. The predicted molar refractivity (Wildman–Crippen MR) is 122 cm³/mol. The van der Waals surface area contributed by atoms with E-state index in [9.17, 15) is 8.42 Å². The first-order valence-electron chi connectivity index (χ1n) is 10.8. The topological polar surface area (TPSA) is 65.2 Å². The van der Waals surface area contributed by atoms with Crippen molar-refractivity contribution in [2.24, 2.45) is 5.92 Å². The molecule has 0 spiro atoms. The van der Waals surface area contributed by atoms with Gasteiger partial charge in [0.25, 0.3) is 0 Å². The van der Waals surface area contributed by atoms with Gasteiger partial charge < -0.3 is 10.3 Å². The average molecular weight is 426 g/mol. The molecule has 2 N–H and O–H groups in total. The highest BCUT2D eigenvalue weighted by molar-refractivity contribution is 7.89. The highest BCUT2D eigenvalue weighted by Gasteiger charge is 2.28. The van der Waals surface area contributed by atoms with Crippen LogP contribution in [0.5, 0.6) is 0 Å². The SMILES string of the molecule is CCN(CC(C)CC1NCCc2c1[nH]c1ccccc21)S(=O)(=O)c1ccc(C)cc1. The minimum atomic E-state index is -3.48. The van der Waals surface area contributed by atoms with E-state index >= 15 is 0 Å². The molecular formula is C24H31N3O2S. The molecule has 0 radical (unpaired) electrons. The van der Waals surface area contributed by atoms with E-state index in [1.165, 1.54) is 22.2 Å². The second-order valence-corrected chi connectivity index (χ2v) is 10.4. The van der Waals surface area contributed by atoms with Crippen LogP contribution in [0.4, 0.5) is 0 Å². The highest BCUT2D eigenvalue weighted by Crippen LogP contribution is 2.33. The van der Waals surface area contributed by atoms with Gasteiger partial charge in [-0.25, -0.2) is 8.42 Å². The monoisotopic (exact) mass is 425 g/mol. The molecule has 5 nitrogen and oxygen atoms in total. The van der Waals surface area contributed by atoms with Gasteiger partial charge in [0.15, 0.2) is 0 Å². The van der Waals surface area contributed by atoms with Crippen LogP contribution in [0.1, 0.15) is 43.1 Å². The molecule has 1 aromatic heterocycles. The van der Waals surface area contributed by atoms with Crippen molar-refractivity contribution in [3.05, 3.63) is 65.4 Å². The zero-order valence-corrected chi connectivity index (χ0v) is 18.8. The number of nitrogens with zero attached hydrogens (tertiary/aromatic N) is 1. The van der Waals surface area contributed by atoms with E-state index in [-0.39, 0.29) is 12.0 Å². The second-order valence-electron chi connectivity index (χ2n) is 8.43. The Bertz CT molecular complexity index is 1120. The average Bonchev–Trinajstić information content (AvgIpc) is 3.12. The van der Waals surface area contributed by atoms with Crippen molar-refractivity contribution >= 4 is 20.9 Å². The summed E-state index contributed by atoms with van der Waals surface area (Å²) in [5.41, 5.74) is 4.91. The summed E-state index contributed by atoms with van der Waals surface area (Å²) in [5.74, 6) is 0.222. The van der Waals surface area contributed by atoms with Crippen LogP contribution in [-0.4, -0.2) is 37.3 Å². The summed E-state index contributed by atoms with van der Waals surface area (Å²) in [5, 5.41) is 4.94. The van der Waals surface area contributed by atoms with E-state index < -0.39 is 10.0 Å². The number of sulfonamides is 1. The zero-order chi connectivity index (χ0) is 21.3. The van der Waals surface area contributed by atoms with Crippen LogP contribution in [-0.2, 0) is 16.4 Å². The summed E-state index contributed by atoms with van der Waals surface area (Å²) in [6.07, 6.45) is 1.91. The first-order chi connectivity index (χ1) is 14.4. The molecule has 0 saturated carbocycles. The zero-order valence-electron chi connectivity index (χ0n) is 18.0. The number of nitrogens with one attached hydrogen (secondary N) is 2. The molecule has 0 saturated heterocycles. The Morgan fingerprint density at radius 1 is 1.13 bits per heavy atom. The van der Waals surface area contributed by atoms with Gasteiger partial charge in [-0.05, 0) is 56.0 Å². The van der Waals surface area contributed by atoms with E-state index in [1.54, 1.807) is 16.4 Å². The molecule has 2 heterocycles. The third-order valence-electron chi connectivity index (χ3n) is 6.13. The van der Waals surface area contributed by atoms with Gasteiger partial charge >= 0.3 is 0 Å². The fraction of sp³-hybridized carbons (Fsp3) is 0.417. The maximum atomic E-state index is 13.1. The number of benzene rings is 2. The lowest BCUT2D eigenvalue weighted by Crippen LogP contribution is -2.37. The minimum absolute atomic E-state index is 0.219. The Morgan fingerprint density at radius 2 is 1.87 bits per heavy atom. The lowest BCUT2D eigenvalue weighted by atomic mass is 9.92. The number of hydrogen-bond donors (Lipinski definition) is 2. The number of hydrogen-bond acceptors (Lipinski definition) is 3. The Kier molecular flexibility index (Phi) is 6.00. The first-order valence-corrected chi connectivity index (χ1v) is 12.2. The molecule has 0 bridgehead atoms. The molecule has 2 atom stereocenters. The number of rotatable bonds is 7. The molecule has 160 valence electrons.